The molecule has 4 rings (SSSR count). The zero-order valence-corrected chi connectivity index (χ0v) is 29.9. The van der Waals surface area contributed by atoms with Crippen molar-refractivity contribution in [3.8, 4) is 11.1 Å². The Kier molecular flexibility index (Phi) is 13.9. The molecule has 0 fully saturated rings. The predicted octanol–water partition coefficient (Wildman–Crippen LogP) is 6.07. The summed E-state index contributed by atoms with van der Waals surface area (Å²) in [5.41, 5.74) is 10.2. The quantitative estimate of drug-likeness (QED) is 0.132. The fourth-order valence-electron chi connectivity index (χ4n) is 5.69. The summed E-state index contributed by atoms with van der Waals surface area (Å²) in [6.45, 7) is 4.51. The molecule has 8 nitrogen and oxygen atoms in total. The highest BCUT2D eigenvalue weighted by atomic mass is 32.1. The number of carbonyl (C=O) groups excluding carboxylic acids is 3. The first-order valence-electron chi connectivity index (χ1n) is 17.0. The molecule has 0 unspecified atom stereocenters. The smallest absolute Gasteiger partial charge is 0.246 e. The van der Waals surface area contributed by atoms with Gasteiger partial charge in [0.15, 0.2) is 0 Å². The Balaban J connectivity index is 1.58. The van der Waals surface area contributed by atoms with Gasteiger partial charge in [0, 0.05) is 56.3 Å². The highest BCUT2D eigenvalue weighted by Gasteiger charge is 2.35. The number of carbonyl (C=O) groups is 3. The number of nitrogens with zero attached hydrogens (tertiary/aromatic N) is 3. The highest BCUT2D eigenvalue weighted by molar-refractivity contribution is 7.09. The number of pyridine rings is 1. The average Bonchev–Trinajstić information content (AvgIpc) is 3.66. The minimum atomic E-state index is -0.847. The van der Waals surface area contributed by atoms with Gasteiger partial charge >= 0.3 is 0 Å². The van der Waals surface area contributed by atoms with Gasteiger partial charge in [0.25, 0.3) is 0 Å². The molecular weight excluding hydrogens is 631 g/mol. The molecule has 0 aliphatic heterocycles. The van der Waals surface area contributed by atoms with Crippen molar-refractivity contribution in [3.05, 3.63) is 125 Å². The second-order valence-electron chi connectivity index (χ2n) is 12.6. The normalized spacial score (nSPS) is 12.8. The number of rotatable bonds is 17. The summed E-state index contributed by atoms with van der Waals surface area (Å²) >= 11 is 1.55. The van der Waals surface area contributed by atoms with Crippen LogP contribution in [0.25, 0.3) is 11.1 Å². The molecule has 0 aliphatic carbocycles. The SMILES string of the molecule is CCC(N)(CC)C/C=C/C(=O)N(C)[C@H](Cc1ccc(-c2ccccc2)cc1)C(=O)N(C)[C@H](Cc1cccs1)C(=O)NCCc1ccncc1. The molecule has 0 saturated heterocycles. The van der Waals surface area contributed by atoms with Crippen LogP contribution in [0.15, 0.2) is 109 Å². The van der Waals surface area contributed by atoms with Crippen LogP contribution in [0.5, 0.6) is 0 Å². The number of nitrogens with one attached hydrogen (secondary N) is 1. The van der Waals surface area contributed by atoms with Gasteiger partial charge in [0.05, 0.1) is 0 Å². The Morgan fingerprint density at radius 3 is 2.14 bits per heavy atom. The van der Waals surface area contributed by atoms with Crippen molar-refractivity contribution in [1.82, 2.24) is 20.1 Å². The van der Waals surface area contributed by atoms with Gasteiger partial charge in [-0.15, -0.1) is 11.3 Å². The maximum atomic E-state index is 14.5. The summed E-state index contributed by atoms with van der Waals surface area (Å²) in [6.07, 6.45) is 10.2. The first kappa shape index (κ1) is 37.2. The number of hydrogen-bond donors (Lipinski definition) is 2. The summed E-state index contributed by atoms with van der Waals surface area (Å²) in [6, 6.07) is 24.3. The minimum absolute atomic E-state index is 0.239. The monoisotopic (exact) mass is 679 g/mol. The maximum Gasteiger partial charge on any atom is 0.246 e. The number of nitrogens with two attached hydrogens (primary N) is 1. The third-order valence-corrected chi connectivity index (χ3v) is 10.2. The molecule has 2 aromatic carbocycles. The van der Waals surface area contributed by atoms with Gasteiger partial charge in [-0.3, -0.25) is 19.4 Å². The minimum Gasteiger partial charge on any atom is -0.354 e. The summed E-state index contributed by atoms with van der Waals surface area (Å²) in [5.74, 6) is -0.840. The van der Waals surface area contributed by atoms with E-state index in [0.717, 1.165) is 40.0 Å². The molecule has 258 valence electrons. The van der Waals surface area contributed by atoms with Gasteiger partial charge in [-0.2, -0.15) is 0 Å². The van der Waals surface area contributed by atoms with Crippen LogP contribution in [0.3, 0.4) is 0 Å². The van der Waals surface area contributed by atoms with Crippen molar-refractivity contribution < 1.29 is 14.4 Å². The van der Waals surface area contributed by atoms with E-state index in [0.29, 0.717) is 25.8 Å². The molecule has 2 aromatic heterocycles. The van der Waals surface area contributed by atoms with E-state index >= 15 is 0 Å². The second kappa shape index (κ2) is 18.2. The average molecular weight is 680 g/mol. The van der Waals surface area contributed by atoms with Crippen LogP contribution in [-0.2, 0) is 33.6 Å². The van der Waals surface area contributed by atoms with Gasteiger partial charge in [-0.25, -0.2) is 0 Å². The summed E-state index contributed by atoms with van der Waals surface area (Å²) < 4.78 is 0. The van der Waals surface area contributed by atoms with Crippen LogP contribution in [0, 0.1) is 0 Å². The Morgan fingerprint density at radius 2 is 1.51 bits per heavy atom. The van der Waals surface area contributed by atoms with E-state index in [9.17, 15) is 14.4 Å². The first-order valence-corrected chi connectivity index (χ1v) is 17.8. The lowest BCUT2D eigenvalue weighted by molar-refractivity contribution is -0.146. The molecule has 9 heteroatoms. The summed E-state index contributed by atoms with van der Waals surface area (Å²) in [4.78, 5) is 49.9. The number of aromatic nitrogens is 1. The fraction of sp³-hybridized carbons (Fsp3) is 0.350. The number of amides is 3. The van der Waals surface area contributed by atoms with Crippen LogP contribution >= 0.6 is 11.3 Å². The first-order chi connectivity index (χ1) is 23.6. The van der Waals surface area contributed by atoms with Crippen LogP contribution in [0.2, 0.25) is 0 Å². The van der Waals surface area contributed by atoms with E-state index in [4.69, 9.17) is 5.73 Å². The van der Waals surface area contributed by atoms with Gasteiger partial charge < -0.3 is 20.9 Å². The third-order valence-electron chi connectivity index (χ3n) is 9.34. The topological polar surface area (TPSA) is 109 Å². The largest absolute Gasteiger partial charge is 0.354 e. The summed E-state index contributed by atoms with van der Waals surface area (Å²) in [5, 5.41) is 5.00. The van der Waals surface area contributed by atoms with Crippen molar-refractivity contribution in [2.75, 3.05) is 20.6 Å². The van der Waals surface area contributed by atoms with E-state index in [-0.39, 0.29) is 29.7 Å². The molecule has 2 atom stereocenters. The number of benzene rings is 2. The predicted molar refractivity (Wildman–Crippen MR) is 199 cm³/mol. The molecule has 2 heterocycles. The molecule has 0 spiro atoms. The van der Waals surface area contributed by atoms with Crippen LogP contribution < -0.4 is 11.1 Å². The van der Waals surface area contributed by atoms with Gasteiger partial charge in [0.2, 0.25) is 17.7 Å². The number of hydrogen-bond acceptors (Lipinski definition) is 6. The lowest BCUT2D eigenvalue weighted by Gasteiger charge is -2.34. The van der Waals surface area contributed by atoms with Gasteiger partial charge in [-0.05, 0) is 77.6 Å². The zero-order valence-electron chi connectivity index (χ0n) is 29.0. The second-order valence-corrected chi connectivity index (χ2v) is 13.6. The van der Waals surface area contributed by atoms with Crippen molar-refractivity contribution in [1.29, 1.82) is 0 Å². The van der Waals surface area contributed by atoms with E-state index < -0.39 is 12.1 Å². The lowest BCUT2D eigenvalue weighted by Crippen LogP contribution is -2.56. The van der Waals surface area contributed by atoms with Crippen molar-refractivity contribution >= 4 is 29.1 Å². The molecule has 3 N–H and O–H groups in total. The number of likely N-dealkylation sites (N-methyl/N-ethyl adjacent to an activating group) is 2. The van der Waals surface area contributed by atoms with Crippen molar-refractivity contribution in [3.63, 3.8) is 0 Å². The van der Waals surface area contributed by atoms with E-state index in [2.05, 4.69) is 22.4 Å². The summed E-state index contributed by atoms with van der Waals surface area (Å²) in [7, 11) is 3.31. The Morgan fingerprint density at radius 1 is 0.837 bits per heavy atom. The molecule has 3 amide bonds. The van der Waals surface area contributed by atoms with E-state index in [1.165, 1.54) is 15.9 Å². The molecule has 49 heavy (non-hydrogen) atoms. The number of thiophene rings is 1. The van der Waals surface area contributed by atoms with Crippen LogP contribution in [-0.4, -0.2) is 70.8 Å². The molecule has 0 bridgehead atoms. The Bertz CT molecular complexity index is 1640. The molecule has 0 aliphatic rings. The zero-order chi connectivity index (χ0) is 35.2. The Labute approximate surface area is 295 Å². The highest BCUT2D eigenvalue weighted by Crippen LogP contribution is 2.22. The standard InChI is InChI=1S/C40H49N5O3S/c1-5-40(41,6-2)23-10-15-37(46)44(3)36(28-31-16-18-33(19-17-31)32-12-8-7-9-13-32)39(48)45(4)35(29-34-14-11-27-49-34)38(47)43-26-22-30-20-24-42-25-21-30/h7-21,24-25,27,35-36H,5-6,22-23,26,28-29,41H2,1-4H3,(H,43,47)/b15-10+/t35-,36-/m1/s1. The molecule has 0 radical (unpaired) electrons. The van der Waals surface area contributed by atoms with Gasteiger partial charge in [-0.1, -0.05) is 80.6 Å². The molecule has 4 aromatic rings. The molecular formula is C40H49N5O3S. The maximum absolute atomic E-state index is 14.5. The van der Waals surface area contributed by atoms with Crippen molar-refractivity contribution in [2.24, 2.45) is 5.73 Å². The van der Waals surface area contributed by atoms with E-state index in [1.54, 1.807) is 37.8 Å². The van der Waals surface area contributed by atoms with Gasteiger partial charge in [0.1, 0.15) is 12.1 Å². The van der Waals surface area contributed by atoms with E-state index in [1.807, 2.05) is 92.0 Å². The lowest BCUT2D eigenvalue weighted by atomic mass is 9.90. The Hall–Kier alpha value is -4.60. The fourth-order valence-corrected chi connectivity index (χ4v) is 6.44. The van der Waals surface area contributed by atoms with Crippen LogP contribution in [0.4, 0.5) is 0 Å². The van der Waals surface area contributed by atoms with Crippen molar-refractivity contribution in [2.45, 2.75) is 70.0 Å². The van der Waals surface area contributed by atoms with Crippen LogP contribution in [0.1, 0.15) is 49.1 Å². The third kappa shape index (κ3) is 10.7. The molecule has 0 saturated carbocycles.